The number of hydrogen-bond donors (Lipinski definition) is 1. The van der Waals surface area contributed by atoms with Gasteiger partial charge in [0.15, 0.2) is 0 Å². The third-order valence-corrected chi connectivity index (χ3v) is 4.93. The van der Waals surface area contributed by atoms with Crippen LogP contribution in [0.5, 0.6) is 5.75 Å². The van der Waals surface area contributed by atoms with E-state index in [2.05, 4.69) is 34.5 Å². The molecule has 0 radical (unpaired) electrons. The molecule has 2 aliphatic rings. The molecule has 1 atom stereocenters. The lowest BCUT2D eigenvalue weighted by atomic mass is 10.0. The molecule has 1 amide bonds. The van der Waals surface area contributed by atoms with Gasteiger partial charge in [-0.15, -0.1) is 0 Å². The van der Waals surface area contributed by atoms with Crippen LogP contribution in [-0.2, 0) is 11.3 Å². The monoisotopic (exact) mass is 336 g/mol. The molecule has 0 bridgehead atoms. The van der Waals surface area contributed by atoms with Crippen molar-refractivity contribution in [2.75, 3.05) is 13.2 Å². The molecular formula is C21H24N2O2. The zero-order valence-electron chi connectivity index (χ0n) is 14.4. The first-order valence-corrected chi connectivity index (χ1v) is 9.08. The fourth-order valence-electron chi connectivity index (χ4n) is 3.49. The summed E-state index contributed by atoms with van der Waals surface area (Å²) in [5.74, 6) is 0.993. The van der Waals surface area contributed by atoms with E-state index < -0.39 is 0 Å². The largest absolute Gasteiger partial charge is 0.493 e. The van der Waals surface area contributed by atoms with Crippen LogP contribution >= 0.6 is 0 Å². The number of benzene rings is 2. The van der Waals surface area contributed by atoms with Crippen molar-refractivity contribution in [1.82, 2.24) is 10.2 Å². The average molecular weight is 336 g/mol. The summed E-state index contributed by atoms with van der Waals surface area (Å²) in [6.45, 7) is 1.95. The molecule has 1 unspecified atom stereocenters. The van der Waals surface area contributed by atoms with Crippen molar-refractivity contribution in [2.45, 2.75) is 37.9 Å². The Bertz CT molecular complexity index is 728. The third-order valence-electron chi connectivity index (χ3n) is 4.93. The second-order valence-corrected chi connectivity index (χ2v) is 6.92. The Morgan fingerprint density at radius 1 is 1.04 bits per heavy atom. The van der Waals surface area contributed by atoms with E-state index >= 15 is 0 Å². The number of hydrogen-bond acceptors (Lipinski definition) is 3. The van der Waals surface area contributed by atoms with E-state index in [1.807, 2.05) is 30.3 Å². The van der Waals surface area contributed by atoms with Crippen molar-refractivity contribution in [2.24, 2.45) is 0 Å². The Labute approximate surface area is 148 Å². The number of carbonyl (C=O) groups is 1. The highest BCUT2D eigenvalue weighted by Gasteiger charge is 2.31. The lowest BCUT2D eigenvalue weighted by Crippen LogP contribution is -2.40. The Morgan fingerprint density at radius 2 is 1.80 bits per heavy atom. The van der Waals surface area contributed by atoms with Gasteiger partial charge in [-0.25, -0.2) is 0 Å². The number of carbonyl (C=O) groups excluding carboxylic acids is 1. The first-order chi connectivity index (χ1) is 12.3. The summed E-state index contributed by atoms with van der Waals surface area (Å²) in [4.78, 5) is 15.0. The molecule has 4 nitrogen and oxygen atoms in total. The molecule has 130 valence electrons. The van der Waals surface area contributed by atoms with Gasteiger partial charge in [0, 0.05) is 24.6 Å². The van der Waals surface area contributed by atoms with E-state index in [1.54, 1.807) is 0 Å². The van der Waals surface area contributed by atoms with Crippen LogP contribution in [0.2, 0.25) is 0 Å². The van der Waals surface area contributed by atoms with Gasteiger partial charge in [0.05, 0.1) is 19.2 Å². The molecular weight excluding hydrogens is 312 g/mol. The van der Waals surface area contributed by atoms with Gasteiger partial charge in [-0.05, 0) is 24.5 Å². The van der Waals surface area contributed by atoms with Crippen LogP contribution in [0, 0.1) is 0 Å². The van der Waals surface area contributed by atoms with Crippen molar-refractivity contribution >= 4 is 5.91 Å². The highest BCUT2D eigenvalue weighted by atomic mass is 16.5. The quantitative estimate of drug-likeness (QED) is 0.880. The van der Waals surface area contributed by atoms with E-state index in [-0.39, 0.29) is 11.9 Å². The highest BCUT2D eigenvalue weighted by molar-refractivity contribution is 5.78. The van der Waals surface area contributed by atoms with E-state index in [0.29, 0.717) is 19.2 Å². The van der Waals surface area contributed by atoms with E-state index in [9.17, 15) is 4.79 Å². The van der Waals surface area contributed by atoms with E-state index in [0.717, 1.165) is 24.3 Å². The average Bonchev–Trinajstić information content (AvgIpc) is 3.48. The van der Waals surface area contributed by atoms with Gasteiger partial charge >= 0.3 is 0 Å². The molecule has 0 saturated heterocycles. The standard InChI is InChI=1S/C21H24N2O2/c24-21(22-19-12-13-25-20-9-5-4-8-18(19)20)15-23(17-10-11-17)14-16-6-2-1-3-7-16/h1-9,17,19H,10-15H2,(H,22,24). The number of nitrogens with zero attached hydrogens (tertiary/aromatic N) is 1. The van der Waals surface area contributed by atoms with Gasteiger partial charge in [0.2, 0.25) is 5.91 Å². The van der Waals surface area contributed by atoms with Crippen LogP contribution < -0.4 is 10.1 Å². The van der Waals surface area contributed by atoms with Crippen molar-refractivity contribution in [3.8, 4) is 5.75 Å². The molecule has 1 N–H and O–H groups in total. The lowest BCUT2D eigenvalue weighted by molar-refractivity contribution is -0.123. The molecule has 1 saturated carbocycles. The van der Waals surface area contributed by atoms with Crippen LogP contribution in [-0.4, -0.2) is 30.0 Å². The molecule has 1 aliphatic carbocycles. The van der Waals surface area contributed by atoms with Crippen molar-refractivity contribution in [1.29, 1.82) is 0 Å². The number of amides is 1. The topological polar surface area (TPSA) is 41.6 Å². The Kier molecular flexibility index (Phi) is 4.70. The summed E-state index contributed by atoms with van der Waals surface area (Å²) in [7, 11) is 0. The molecule has 1 aliphatic heterocycles. The Balaban J connectivity index is 1.39. The SMILES string of the molecule is O=C(CN(Cc1ccccc1)C1CC1)NC1CCOc2ccccc21. The maximum Gasteiger partial charge on any atom is 0.234 e. The van der Waals surface area contributed by atoms with Gasteiger partial charge < -0.3 is 10.1 Å². The van der Waals surface area contributed by atoms with Crippen LogP contribution in [0.3, 0.4) is 0 Å². The molecule has 0 aromatic heterocycles. The second kappa shape index (κ2) is 7.28. The second-order valence-electron chi connectivity index (χ2n) is 6.92. The molecule has 1 fully saturated rings. The zero-order valence-corrected chi connectivity index (χ0v) is 14.4. The first-order valence-electron chi connectivity index (χ1n) is 9.08. The normalized spacial score (nSPS) is 19.2. The predicted molar refractivity (Wildman–Crippen MR) is 97.3 cm³/mol. The van der Waals surface area contributed by atoms with Crippen LogP contribution in [0.25, 0.3) is 0 Å². The van der Waals surface area contributed by atoms with Crippen LogP contribution in [0.15, 0.2) is 54.6 Å². The van der Waals surface area contributed by atoms with Crippen molar-refractivity contribution in [3.05, 3.63) is 65.7 Å². The number of ether oxygens (including phenoxy) is 1. The molecule has 2 aromatic carbocycles. The fraction of sp³-hybridized carbons (Fsp3) is 0.381. The number of para-hydroxylation sites is 1. The molecule has 0 spiro atoms. The fourth-order valence-corrected chi connectivity index (χ4v) is 3.49. The summed E-state index contributed by atoms with van der Waals surface area (Å²) < 4.78 is 5.68. The van der Waals surface area contributed by atoms with Gasteiger partial charge in [-0.1, -0.05) is 48.5 Å². The van der Waals surface area contributed by atoms with Crippen LogP contribution in [0.1, 0.15) is 36.4 Å². The molecule has 2 aromatic rings. The minimum Gasteiger partial charge on any atom is -0.493 e. The van der Waals surface area contributed by atoms with Gasteiger partial charge in [0.25, 0.3) is 0 Å². The van der Waals surface area contributed by atoms with Crippen molar-refractivity contribution < 1.29 is 9.53 Å². The minimum atomic E-state index is 0.0511. The predicted octanol–water partition coefficient (Wildman–Crippen LogP) is 3.29. The van der Waals surface area contributed by atoms with Crippen molar-refractivity contribution in [3.63, 3.8) is 0 Å². The van der Waals surface area contributed by atoms with Gasteiger partial charge in [-0.2, -0.15) is 0 Å². The first kappa shape index (κ1) is 16.2. The van der Waals surface area contributed by atoms with Gasteiger partial charge in [0.1, 0.15) is 5.75 Å². The number of fused-ring (bicyclic) bond motifs is 1. The third kappa shape index (κ3) is 4.02. The smallest absolute Gasteiger partial charge is 0.234 e. The minimum absolute atomic E-state index is 0.0511. The Hall–Kier alpha value is -2.33. The van der Waals surface area contributed by atoms with E-state index in [1.165, 1.54) is 18.4 Å². The summed E-state index contributed by atoms with van der Waals surface area (Å²) in [6.07, 6.45) is 3.21. The number of rotatable bonds is 6. The zero-order chi connectivity index (χ0) is 17.1. The van der Waals surface area contributed by atoms with Crippen LogP contribution in [0.4, 0.5) is 0 Å². The molecule has 4 heteroatoms. The summed E-state index contributed by atoms with van der Waals surface area (Å²) >= 11 is 0. The molecule has 1 heterocycles. The molecule has 25 heavy (non-hydrogen) atoms. The highest BCUT2D eigenvalue weighted by Crippen LogP contribution is 2.32. The van der Waals surface area contributed by atoms with E-state index in [4.69, 9.17) is 4.74 Å². The maximum atomic E-state index is 12.7. The summed E-state index contributed by atoms with van der Waals surface area (Å²) in [6, 6.07) is 19.0. The summed E-state index contributed by atoms with van der Waals surface area (Å²) in [5, 5.41) is 3.21. The lowest BCUT2D eigenvalue weighted by Gasteiger charge is -2.28. The summed E-state index contributed by atoms with van der Waals surface area (Å²) in [5.41, 5.74) is 2.35. The number of nitrogens with one attached hydrogen (secondary N) is 1. The molecule has 4 rings (SSSR count). The van der Waals surface area contributed by atoms with Gasteiger partial charge in [-0.3, -0.25) is 9.69 Å². The Morgan fingerprint density at radius 3 is 2.60 bits per heavy atom. The maximum absolute atomic E-state index is 12.7.